The fraction of sp³-hybridized carbons (Fsp3) is 0.409. The highest BCUT2D eigenvalue weighted by Gasteiger charge is 2.31. The standard InChI is InChI=1S/C22H29N3O3.2ClH/c1-22(23,18-6-4-3-5-7-18)21(26)24-16-20(25-12-14-28-15-13-25)17-8-10-19(27-2)11-9-17;;/h3-11,20H,12-16,23H2,1-2H3,(H,24,26);2*1H. The van der Waals surface area contributed by atoms with E-state index in [0.29, 0.717) is 19.8 Å². The van der Waals surface area contributed by atoms with Gasteiger partial charge in [-0.3, -0.25) is 9.69 Å². The monoisotopic (exact) mass is 455 g/mol. The van der Waals surface area contributed by atoms with Gasteiger partial charge in [-0.25, -0.2) is 0 Å². The molecule has 2 aromatic rings. The van der Waals surface area contributed by atoms with Gasteiger partial charge >= 0.3 is 0 Å². The van der Waals surface area contributed by atoms with Crippen molar-refractivity contribution in [3.63, 3.8) is 0 Å². The van der Waals surface area contributed by atoms with Gasteiger partial charge in [0.1, 0.15) is 11.3 Å². The van der Waals surface area contributed by atoms with Crippen molar-refractivity contribution in [1.82, 2.24) is 10.2 Å². The van der Waals surface area contributed by atoms with Gasteiger partial charge in [0.15, 0.2) is 0 Å². The fourth-order valence-corrected chi connectivity index (χ4v) is 3.46. The zero-order valence-electron chi connectivity index (χ0n) is 17.4. The van der Waals surface area contributed by atoms with Crippen molar-refractivity contribution in [3.8, 4) is 5.75 Å². The number of methoxy groups -OCH3 is 1. The highest BCUT2D eigenvalue weighted by atomic mass is 35.5. The molecule has 166 valence electrons. The largest absolute Gasteiger partial charge is 0.497 e. The summed E-state index contributed by atoms with van der Waals surface area (Å²) < 4.78 is 10.8. The average molecular weight is 456 g/mol. The van der Waals surface area contributed by atoms with Crippen LogP contribution in [-0.4, -0.2) is 50.8 Å². The number of carbonyl (C=O) groups is 1. The van der Waals surface area contributed by atoms with E-state index >= 15 is 0 Å². The Morgan fingerprint density at radius 3 is 2.30 bits per heavy atom. The zero-order valence-corrected chi connectivity index (χ0v) is 19.0. The number of nitrogens with two attached hydrogens (primary N) is 1. The molecule has 0 saturated carbocycles. The molecule has 30 heavy (non-hydrogen) atoms. The molecular weight excluding hydrogens is 425 g/mol. The van der Waals surface area contributed by atoms with Crippen molar-refractivity contribution in [2.45, 2.75) is 18.5 Å². The van der Waals surface area contributed by atoms with Crippen LogP contribution in [0.3, 0.4) is 0 Å². The van der Waals surface area contributed by atoms with Crippen LogP contribution in [0.4, 0.5) is 0 Å². The van der Waals surface area contributed by atoms with Crippen LogP contribution in [0, 0.1) is 0 Å². The highest BCUT2D eigenvalue weighted by Crippen LogP contribution is 2.24. The van der Waals surface area contributed by atoms with Gasteiger partial charge in [0.2, 0.25) is 5.91 Å². The minimum atomic E-state index is -1.09. The van der Waals surface area contributed by atoms with E-state index in [1.165, 1.54) is 0 Å². The van der Waals surface area contributed by atoms with Crippen molar-refractivity contribution in [1.29, 1.82) is 0 Å². The first-order chi connectivity index (χ1) is 13.5. The maximum atomic E-state index is 12.9. The van der Waals surface area contributed by atoms with Crippen LogP contribution in [-0.2, 0) is 15.1 Å². The maximum Gasteiger partial charge on any atom is 0.244 e. The summed E-state index contributed by atoms with van der Waals surface area (Å²) in [6, 6.07) is 17.5. The first-order valence-electron chi connectivity index (χ1n) is 9.61. The van der Waals surface area contributed by atoms with Crippen LogP contribution in [0.15, 0.2) is 54.6 Å². The van der Waals surface area contributed by atoms with Crippen molar-refractivity contribution < 1.29 is 14.3 Å². The van der Waals surface area contributed by atoms with Crippen molar-refractivity contribution in [3.05, 3.63) is 65.7 Å². The SMILES string of the molecule is COc1ccc(C(CNC(=O)C(C)(N)c2ccccc2)N2CCOCC2)cc1.Cl.Cl. The van der Waals surface area contributed by atoms with E-state index in [0.717, 1.165) is 30.0 Å². The third-order valence-corrected chi connectivity index (χ3v) is 5.29. The minimum Gasteiger partial charge on any atom is -0.497 e. The number of benzene rings is 2. The molecule has 3 N–H and O–H groups in total. The second kappa shape index (κ2) is 12.1. The zero-order chi connectivity index (χ0) is 20.0. The van der Waals surface area contributed by atoms with Crippen LogP contribution in [0.2, 0.25) is 0 Å². The second-order valence-electron chi connectivity index (χ2n) is 7.22. The first kappa shape index (κ1) is 26.2. The predicted molar refractivity (Wildman–Crippen MR) is 124 cm³/mol. The Balaban J connectivity index is 0.00000225. The van der Waals surface area contributed by atoms with E-state index in [9.17, 15) is 4.79 Å². The molecule has 1 heterocycles. The van der Waals surface area contributed by atoms with Gasteiger partial charge in [-0.15, -0.1) is 24.8 Å². The summed E-state index contributed by atoms with van der Waals surface area (Å²) in [6.45, 7) is 5.26. The number of amides is 1. The molecule has 0 aromatic heterocycles. The lowest BCUT2D eigenvalue weighted by molar-refractivity contribution is -0.126. The summed E-state index contributed by atoms with van der Waals surface area (Å²) >= 11 is 0. The third kappa shape index (κ3) is 6.33. The second-order valence-corrected chi connectivity index (χ2v) is 7.22. The number of nitrogens with zero attached hydrogens (tertiary/aromatic N) is 1. The van der Waals surface area contributed by atoms with E-state index in [-0.39, 0.29) is 36.8 Å². The first-order valence-corrected chi connectivity index (χ1v) is 9.61. The smallest absolute Gasteiger partial charge is 0.244 e. The van der Waals surface area contributed by atoms with Crippen LogP contribution >= 0.6 is 24.8 Å². The topological polar surface area (TPSA) is 76.8 Å². The molecule has 0 radical (unpaired) electrons. The number of hydrogen-bond acceptors (Lipinski definition) is 5. The Morgan fingerprint density at radius 2 is 1.73 bits per heavy atom. The molecule has 8 heteroatoms. The molecular formula is C22H31Cl2N3O3. The van der Waals surface area contributed by atoms with Gasteiger partial charge in [0.25, 0.3) is 0 Å². The van der Waals surface area contributed by atoms with Gasteiger partial charge in [0, 0.05) is 19.6 Å². The van der Waals surface area contributed by atoms with Crippen molar-refractivity contribution in [2.75, 3.05) is 40.0 Å². The van der Waals surface area contributed by atoms with Gasteiger partial charge in [-0.1, -0.05) is 42.5 Å². The normalized spacial score (nSPS) is 16.9. The quantitative estimate of drug-likeness (QED) is 0.670. The molecule has 2 atom stereocenters. The van der Waals surface area contributed by atoms with Gasteiger partial charge < -0.3 is 20.5 Å². The lowest BCUT2D eigenvalue weighted by Gasteiger charge is -2.35. The van der Waals surface area contributed by atoms with Gasteiger partial charge in [-0.05, 0) is 30.2 Å². The van der Waals surface area contributed by atoms with Gasteiger partial charge in [-0.2, -0.15) is 0 Å². The summed E-state index contributed by atoms with van der Waals surface area (Å²) in [7, 11) is 1.65. The molecule has 1 amide bonds. The molecule has 2 aromatic carbocycles. The number of carbonyl (C=O) groups excluding carboxylic acids is 1. The summed E-state index contributed by atoms with van der Waals surface area (Å²) in [5.41, 5.74) is 7.19. The van der Waals surface area contributed by atoms with E-state index in [2.05, 4.69) is 10.2 Å². The molecule has 1 aliphatic heterocycles. The fourth-order valence-electron chi connectivity index (χ4n) is 3.46. The van der Waals surface area contributed by atoms with E-state index in [1.54, 1.807) is 14.0 Å². The van der Waals surface area contributed by atoms with Crippen LogP contribution in [0.1, 0.15) is 24.1 Å². The molecule has 3 rings (SSSR count). The van der Waals surface area contributed by atoms with E-state index in [1.807, 2.05) is 54.6 Å². The van der Waals surface area contributed by atoms with Crippen molar-refractivity contribution >= 4 is 30.7 Å². The summed E-state index contributed by atoms with van der Waals surface area (Å²) in [5, 5.41) is 3.07. The Morgan fingerprint density at radius 1 is 1.13 bits per heavy atom. The number of rotatable bonds is 7. The van der Waals surface area contributed by atoms with E-state index < -0.39 is 5.54 Å². The molecule has 1 fully saturated rings. The van der Waals surface area contributed by atoms with Crippen molar-refractivity contribution in [2.24, 2.45) is 5.73 Å². The molecule has 1 aliphatic rings. The predicted octanol–water partition coefficient (Wildman–Crippen LogP) is 2.90. The third-order valence-electron chi connectivity index (χ3n) is 5.29. The molecule has 6 nitrogen and oxygen atoms in total. The summed E-state index contributed by atoms with van der Waals surface area (Å²) in [4.78, 5) is 15.2. The molecule has 0 bridgehead atoms. The molecule has 2 unspecified atom stereocenters. The van der Waals surface area contributed by atoms with Gasteiger partial charge in [0.05, 0.1) is 26.4 Å². The number of hydrogen-bond donors (Lipinski definition) is 2. The lowest BCUT2D eigenvalue weighted by Crippen LogP contribution is -2.51. The number of ether oxygens (including phenoxy) is 2. The summed E-state index contributed by atoms with van der Waals surface area (Å²) in [5.74, 6) is 0.623. The average Bonchev–Trinajstić information content (AvgIpc) is 2.75. The van der Waals surface area contributed by atoms with E-state index in [4.69, 9.17) is 15.2 Å². The number of nitrogens with one attached hydrogen (secondary N) is 1. The Labute approximate surface area is 190 Å². The Bertz CT molecular complexity index is 767. The molecule has 0 aliphatic carbocycles. The van der Waals surface area contributed by atoms with Crippen LogP contribution in [0.25, 0.3) is 0 Å². The van der Waals surface area contributed by atoms with Crippen LogP contribution < -0.4 is 15.8 Å². The number of morpholine rings is 1. The van der Waals surface area contributed by atoms with Crippen LogP contribution in [0.5, 0.6) is 5.75 Å². The lowest BCUT2D eigenvalue weighted by atomic mass is 9.92. The molecule has 0 spiro atoms. The highest BCUT2D eigenvalue weighted by molar-refractivity contribution is 5.87. The number of halogens is 2. The minimum absolute atomic E-state index is 0. The maximum absolute atomic E-state index is 12.9. The summed E-state index contributed by atoms with van der Waals surface area (Å²) in [6.07, 6.45) is 0. The Hall–Kier alpha value is -1.83. The molecule has 1 saturated heterocycles. The Kier molecular flexibility index (Phi) is 10.6.